The summed E-state index contributed by atoms with van der Waals surface area (Å²) in [5.74, 6) is -1.49. The summed E-state index contributed by atoms with van der Waals surface area (Å²) >= 11 is 0. The third-order valence-electron chi connectivity index (χ3n) is 13.2. The number of ether oxygens (including phenoxy) is 3. The van der Waals surface area contributed by atoms with Crippen LogP contribution in [-0.4, -0.2) is 93.8 Å². The molecule has 3 aliphatic rings. The Kier molecular flexibility index (Phi) is 13.2. The number of aromatic amines is 1. The molecular formula is C52H53F2N7O8. The summed E-state index contributed by atoms with van der Waals surface area (Å²) in [4.78, 5) is 66.6. The summed E-state index contributed by atoms with van der Waals surface area (Å²) in [6, 6.07) is 20.5. The zero-order chi connectivity index (χ0) is 48.6. The molecule has 2 aliphatic heterocycles. The number of carbonyl (C=O) groups is 4. The second kappa shape index (κ2) is 19.4. The van der Waals surface area contributed by atoms with Crippen LogP contribution in [0.5, 0.6) is 11.5 Å². The number of anilines is 2. The van der Waals surface area contributed by atoms with Gasteiger partial charge in [0.05, 0.1) is 48.0 Å². The predicted octanol–water partition coefficient (Wildman–Crippen LogP) is 8.82. The van der Waals surface area contributed by atoms with Gasteiger partial charge in [0.25, 0.3) is 11.8 Å². The van der Waals surface area contributed by atoms with E-state index in [0.29, 0.717) is 63.5 Å². The molecule has 69 heavy (non-hydrogen) atoms. The zero-order valence-electron chi connectivity index (χ0n) is 38.7. The van der Waals surface area contributed by atoms with Gasteiger partial charge in [0.1, 0.15) is 35.1 Å². The van der Waals surface area contributed by atoms with Crippen LogP contribution < -0.4 is 25.0 Å². The van der Waals surface area contributed by atoms with E-state index in [2.05, 4.69) is 25.6 Å². The van der Waals surface area contributed by atoms with Gasteiger partial charge in [0, 0.05) is 53.9 Å². The summed E-state index contributed by atoms with van der Waals surface area (Å²) in [6.07, 6.45) is 6.57. The number of imide groups is 1. The van der Waals surface area contributed by atoms with E-state index < -0.39 is 29.2 Å². The van der Waals surface area contributed by atoms with Crippen LogP contribution in [0.4, 0.5) is 25.0 Å². The van der Waals surface area contributed by atoms with Gasteiger partial charge in [-0.05, 0) is 149 Å². The fourth-order valence-electron chi connectivity index (χ4n) is 9.30. The average Bonchev–Trinajstić information content (AvgIpc) is 3.78. The zero-order valence-corrected chi connectivity index (χ0v) is 38.7. The Morgan fingerprint density at radius 1 is 0.855 bits per heavy atom. The molecule has 17 heteroatoms. The Balaban J connectivity index is 0.777. The molecule has 4 aromatic carbocycles. The number of rotatable bonds is 12. The van der Waals surface area contributed by atoms with Crippen LogP contribution in [0.15, 0.2) is 85.2 Å². The molecule has 9 rings (SSSR count). The number of piperidine rings is 1. The number of methoxy groups -OCH3 is 1. The van der Waals surface area contributed by atoms with Crippen molar-refractivity contribution in [2.45, 2.75) is 89.6 Å². The van der Waals surface area contributed by atoms with Gasteiger partial charge in [-0.1, -0.05) is 6.07 Å². The maximum Gasteiger partial charge on any atom is 0.328 e. The molecule has 6 aromatic rings. The number of hydrogen-bond donors (Lipinski definition) is 4. The second-order valence-electron chi connectivity index (χ2n) is 18.3. The van der Waals surface area contributed by atoms with Gasteiger partial charge in [-0.25, -0.2) is 23.5 Å². The highest BCUT2D eigenvalue weighted by atomic mass is 19.1. The minimum absolute atomic E-state index is 0.0365. The molecular weight excluding hydrogens is 889 g/mol. The summed E-state index contributed by atoms with van der Waals surface area (Å²) in [5.41, 5.74) is 3.36. The van der Waals surface area contributed by atoms with Gasteiger partial charge in [-0.3, -0.25) is 24.6 Å². The Morgan fingerprint density at radius 2 is 1.58 bits per heavy atom. The van der Waals surface area contributed by atoms with Crippen molar-refractivity contribution in [1.29, 1.82) is 0 Å². The molecule has 2 saturated heterocycles. The third-order valence-corrected chi connectivity index (χ3v) is 13.2. The SMILES string of the molecule is COc1ccc(C(=O)N2CCC(O[C@H]3CC[C@@H](Oc4ccc(-c5cc6c(-c7cc(F)cc(NC(=O)c8ccc(C(C)(C)O)cc8F)c7C)ncnc6[nH]5)cc4)CC3)CC2)cc1N1CCC(=O)NC1=O. The van der Waals surface area contributed by atoms with Crippen LogP contribution in [-0.2, 0) is 15.1 Å². The number of H-pyrrole nitrogens is 1. The molecule has 358 valence electrons. The van der Waals surface area contributed by atoms with E-state index >= 15 is 8.78 Å². The van der Waals surface area contributed by atoms with Gasteiger partial charge < -0.3 is 34.5 Å². The van der Waals surface area contributed by atoms with E-state index in [0.717, 1.165) is 61.6 Å². The fraction of sp³-hybridized carbons (Fsp3) is 0.346. The average molecular weight is 942 g/mol. The smallest absolute Gasteiger partial charge is 0.328 e. The molecule has 5 amide bonds. The first-order chi connectivity index (χ1) is 33.1. The Morgan fingerprint density at radius 3 is 2.28 bits per heavy atom. The highest BCUT2D eigenvalue weighted by Gasteiger charge is 2.32. The number of nitrogens with zero attached hydrogens (tertiary/aromatic N) is 4. The van der Waals surface area contributed by atoms with Crippen LogP contribution in [0.3, 0.4) is 0 Å². The number of aromatic nitrogens is 3. The molecule has 0 bridgehead atoms. The molecule has 0 spiro atoms. The Labute approximate surface area is 397 Å². The van der Waals surface area contributed by atoms with Gasteiger partial charge in [-0.15, -0.1) is 0 Å². The number of amides is 5. The van der Waals surface area contributed by atoms with Crippen molar-refractivity contribution in [2.24, 2.45) is 0 Å². The normalized spacial score (nSPS) is 18.0. The largest absolute Gasteiger partial charge is 0.495 e. The lowest BCUT2D eigenvalue weighted by atomic mass is 9.94. The molecule has 1 saturated carbocycles. The van der Waals surface area contributed by atoms with Gasteiger partial charge in [0.2, 0.25) is 5.91 Å². The van der Waals surface area contributed by atoms with E-state index in [9.17, 15) is 24.3 Å². The minimum Gasteiger partial charge on any atom is -0.495 e. The summed E-state index contributed by atoms with van der Waals surface area (Å²) in [5, 5.41) is 15.9. The quantitative estimate of drug-likeness (QED) is 0.0923. The molecule has 1 aliphatic carbocycles. The highest BCUT2D eigenvalue weighted by Crippen LogP contribution is 2.37. The lowest BCUT2D eigenvalue weighted by Gasteiger charge is -2.36. The van der Waals surface area contributed by atoms with Crippen LogP contribution in [0.2, 0.25) is 0 Å². The molecule has 15 nitrogen and oxygen atoms in total. The van der Waals surface area contributed by atoms with Crippen molar-refractivity contribution < 1.29 is 47.3 Å². The van der Waals surface area contributed by atoms with Gasteiger partial charge in [0.15, 0.2) is 0 Å². The Hall–Kier alpha value is -7.24. The number of nitrogens with one attached hydrogen (secondary N) is 3. The lowest BCUT2D eigenvalue weighted by molar-refractivity contribution is -0.120. The number of urea groups is 1. The van der Waals surface area contributed by atoms with Crippen LogP contribution >= 0.6 is 0 Å². The number of halogens is 2. The van der Waals surface area contributed by atoms with Crippen molar-refractivity contribution >= 4 is 46.2 Å². The summed E-state index contributed by atoms with van der Waals surface area (Å²) in [6.45, 7) is 6.05. The van der Waals surface area contributed by atoms with Crippen molar-refractivity contribution in [3.63, 3.8) is 0 Å². The second-order valence-corrected chi connectivity index (χ2v) is 18.3. The van der Waals surface area contributed by atoms with Crippen LogP contribution in [0, 0.1) is 18.6 Å². The van der Waals surface area contributed by atoms with Gasteiger partial charge in [-0.2, -0.15) is 0 Å². The number of hydrogen-bond acceptors (Lipinski definition) is 10. The predicted molar refractivity (Wildman–Crippen MR) is 254 cm³/mol. The van der Waals surface area contributed by atoms with E-state index in [-0.39, 0.29) is 54.3 Å². The molecule has 4 N–H and O–H groups in total. The number of likely N-dealkylation sites (tertiary alicyclic amines) is 1. The minimum atomic E-state index is -1.30. The molecule has 3 fully saturated rings. The summed E-state index contributed by atoms with van der Waals surface area (Å²) < 4.78 is 48.6. The maximum absolute atomic E-state index is 15.2. The molecule has 0 radical (unpaired) electrons. The first-order valence-corrected chi connectivity index (χ1v) is 23.1. The number of fused-ring (bicyclic) bond motifs is 1. The lowest BCUT2D eigenvalue weighted by Crippen LogP contribution is -2.49. The number of benzene rings is 4. The van der Waals surface area contributed by atoms with E-state index in [1.807, 2.05) is 35.2 Å². The fourth-order valence-corrected chi connectivity index (χ4v) is 9.30. The van der Waals surface area contributed by atoms with Crippen molar-refractivity contribution in [3.05, 3.63) is 119 Å². The molecule has 0 atom stereocenters. The maximum atomic E-state index is 15.2. The topological polar surface area (TPSA) is 188 Å². The van der Waals surface area contributed by atoms with E-state index in [1.54, 1.807) is 25.1 Å². The first kappa shape index (κ1) is 46.9. The van der Waals surface area contributed by atoms with Crippen molar-refractivity contribution in [3.8, 4) is 34.0 Å². The summed E-state index contributed by atoms with van der Waals surface area (Å²) in [7, 11) is 1.50. The van der Waals surface area contributed by atoms with Crippen LogP contribution in [0.1, 0.15) is 90.6 Å². The number of carbonyl (C=O) groups excluding carboxylic acids is 4. The van der Waals surface area contributed by atoms with Crippen LogP contribution in [0.25, 0.3) is 33.5 Å². The monoisotopic (exact) mass is 941 g/mol. The van der Waals surface area contributed by atoms with Crippen molar-refractivity contribution in [2.75, 3.05) is 37.0 Å². The standard InChI is InChI=1S/C52H53F2N7O8/c1-29-39(25-33(53)26-42(29)58-49(63)38-15-8-32(24-41(38)54)52(2,3)66)47-40-27-43(57-48(40)56-28-55-47)30-5-9-34(10-6-30)68-35-11-13-36(14-12-35)69-37-17-20-60(21-18-37)50(64)31-7-16-45(67-4)44(23-31)61-22-19-46(62)59-51(61)65/h5-10,15-16,23-28,35-37,66H,11-14,17-22H2,1-4H3,(H,58,63)(H,55,56,57)(H,59,62,65)/t35-,36+. The number of aliphatic hydroxyl groups is 1. The third kappa shape index (κ3) is 10.2. The Bertz CT molecular complexity index is 2940. The van der Waals surface area contributed by atoms with E-state index in [1.165, 1.54) is 56.4 Å². The molecule has 4 heterocycles. The van der Waals surface area contributed by atoms with E-state index in [4.69, 9.17) is 14.2 Å². The highest BCUT2D eigenvalue weighted by molar-refractivity contribution is 6.07. The molecule has 0 unspecified atom stereocenters. The first-order valence-electron chi connectivity index (χ1n) is 23.1. The van der Waals surface area contributed by atoms with Crippen molar-refractivity contribution in [1.82, 2.24) is 25.2 Å². The molecule has 2 aromatic heterocycles. The van der Waals surface area contributed by atoms with Gasteiger partial charge >= 0.3 is 6.03 Å².